The van der Waals surface area contributed by atoms with Gasteiger partial charge in [-0.2, -0.15) is 0 Å². The number of rotatable bonds is 0. The van der Waals surface area contributed by atoms with Crippen molar-refractivity contribution in [1.82, 2.24) is 4.90 Å². The molecule has 0 saturated heterocycles. The Morgan fingerprint density at radius 1 is 0.727 bits per heavy atom. The van der Waals surface area contributed by atoms with Gasteiger partial charge in [0.05, 0.1) is 11.4 Å². The topological polar surface area (TPSA) is 9.72 Å². The van der Waals surface area contributed by atoms with Crippen molar-refractivity contribution in [2.45, 2.75) is 12.6 Å². The number of nitrogens with zero attached hydrogens (tertiary/aromatic N) is 3. The van der Waals surface area contributed by atoms with Crippen molar-refractivity contribution < 1.29 is 0 Å². The highest BCUT2D eigenvalue weighted by molar-refractivity contribution is 6.89. The second-order valence-electron chi connectivity index (χ2n) is 9.85. The SMILES string of the molecule is CN1C=C2B3c4cccc5c6ccccc6c6cccc(c6c45)N3c3cccc4c3N2C1C4. The highest BCUT2D eigenvalue weighted by atomic mass is 15.4. The number of benzene rings is 5. The van der Waals surface area contributed by atoms with Crippen molar-refractivity contribution in [3.8, 4) is 0 Å². The van der Waals surface area contributed by atoms with E-state index >= 15 is 0 Å². The molecule has 0 saturated carbocycles. The first-order chi connectivity index (χ1) is 16.3. The average Bonchev–Trinajstić information content (AvgIpc) is 3.40. The lowest BCUT2D eigenvalue weighted by atomic mass is 9.47. The molecule has 4 heterocycles. The first-order valence-corrected chi connectivity index (χ1v) is 11.8. The van der Waals surface area contributed by atoms with Gasteiger partial charge in [0.2, 0.25) is 0 Å². The van der Waals surface area contributed by atoms with E-state index in [1.54, 1.807) is 0 Å². The number of fused-ring (bicyclic) bond motifs is 8. The molecule has 0 N–H and O–H groups in total. The van der Waals surface area contributed by atoms with Gasteiger partial charge >= 0.3 is 6.85 Å². The summed E-state index contributed by atoms with van der Waals surface area (Å²) in [6.07, 6.45) is 3.86. The molecule has 0 aromatic heterocycles. The summed E-state index contributed by atoms with van der Waals surface area (Å²) in [5.41, 5.74) is 8.37. The average molecular weight is 421 g/mol. The first kappa shape index (κ1) is 16.7. The number of anilines is 3. The van der Waals surface area contributed by atoms with Gasteiger partial charge in [-0.05, 0) is 50.1 Å². The molecular formula is C29H20BN3. The van der Waals surface area contributed by atoms with Crippen molar-refractivity contribution in [3.05, 3.63) is 96.2 Å². The lowest BCUT2D eigenvalue weighted by molar-refractivity contribution is 0.368. The van der Waals surface area contributed by atoms with E-state index in [1.807, 2.05) is 0 Å². The Labute approximate surface area is 192 Å². The molecule has 33 heavy (non-hydrogen) atoms. The molecule has 0 fully saturated rings. The number of likely N-dealkylation sites (N-methyl/N-ethyl adjacent to an activating group) is 1. The first-order valence-electron chi connectivity index (χ1n) is 11.8. The number of hydrogen-bond acceptors (Lipinski definition) is 3. The van der Waals surface area contributed by atoms with Crippen LogP contribution in [0, 0.1) is 0 Å². The molecule has 9 rings (SSSR count). The van der Waals surface area contributed by atoms with E-state index in [4.69, 9.17) is 0 Å². The number of para-hydroxylation sites is 1. The summed E-state index contributed by atoms with van der Waals surface area (Å²) in [6.45, 7) is 0.182. The normalized spacial score (nSPS) is 19.2. The Kier molecular flexibility index (Phi) is 2.70. The number of hydrogen-bond donors (Lipinski definition) is 0. The zero-order valence-corrected chi connectivity index (χ0v) is 18.3. The van der Waals surface area contributed by atoms with Gasteiger partial charge in [0.25, 0.3) is 0 Å². The minimum Gasteiger partial charge on any atom is -0.374 e. The lowest BCUT2D eigenvalue weighted by Gasteiger charge is -2.45. The van der Waals surface area contributed by atoms with Gasteiger partial charge in [0.15, 0.2) is 0 Å². The maximum absolute atomic E-state index is 2.63. The van der Waals surface area contributed by atoms with Gasteiger partial charge in [0.1, 0.15) is 6.17 Å². The van der Waals surface area contributed by atoms with Gasteiger partial charge in [-0.1, -0.05) is 66.7 Å². The Hall–Kier alpha value is -3.92. The van der Waals surface area contributed by atoms with Crippen LogP contribution in [-0.4, -0.2) is 25.0 Å². The van der Waals surface area contributed by atoms with E-state index in [9.17, 15) is 0 Å². The van der Waals surface area contributed by atoms with Crippen molar-refractivity contribution in [2.24, 2.45) is 0 Å². The predicted octanol–water partition coefficient (Wildman–Crippen LogP) is 5.52. The van der Waals surface area contributed by atoms with Crippen LogP contribution in [0.15, 0.2) is 90.7 Å². The van der Waals surface area contributed by atoms with E-state index in [0.29, 0.717) is 6.17 Å². The van der Waals surface area contributed by atoms with Crippen LogP contribution in [0.2, 0.25) is 0 Å². The third-order valence-electron chi connectivity index (χ3n) is 8.37. The summed E-state index contributed by atoms with van der Waals surface area (Å²) in [5, 5.41) is 8.23. The zero-order valence-electron chi connectivity index (χ0n) is 18.3. The zero-order chi connectivity index (χ0) is 21.4. The molecule has 0 spiro atoms. The summed E-state index contributed by atoms with van der Waals surface area (Å²) in [5.74, 6) is 0. The van der Waals surface area contributed by atoms with E-state index in [-0.39, 0.29) is 6.85 Å². The maximum Gasteiger partial charge on any atom is 0.348 e. The lowest BCUT2D eigenvalue weighted by Crippen LogP contribution is -2.56. The molecule has 0 aliphatic carbocycles. The second kappa shape index (κ2) is 5.35. The van der Waals surface area contributed by atoms with Gasteiger partial charge < -0.3 is 14.6 Å². The van der Waals surface area contributed by atoms with E-state index < -0.39 is 0 Å². The summed E-state index contributed by atoms with van der Waals surface area (Å²) < 4.78 is 0. The molecule has 5 aromatic rings. The third kappa shape index (κ3) is 1.73. The van der Waals surface area contributed by atoms with Crippen molar-refractivity contribution >= 4 is 61.7 Å². The van der Waals surface area contributed by atoms with Gasteiger partial charge in [-0.15, -0.1) is 0 Å². The minimum absolute atomic E-state index is 0.182. The van der Waals surface area contributed by atoms with Gasteiger partial charge in [0, 0.05) is 36.3 Å². The van der Waals surface area contributed by atoms with Crippen LogP contribution >= 0.6 is 0 Å². The van der Waals surface area contributed by atoms with Crippen LogP contribution in [0.1, 0.15) is 5.56 Å². The summed E-state index contributed by atoms with van der Waals surface area (Å²) in [6, 6.07) is 29.6. The van der Waals surface area contributed by atoms with Crippen LogP contribution in [0.4, 0.5) is 17.1 Å². The highest BCUT2D eigenvalue weighted by Crippen LogP contribution is 2.55. The molecule has 0 amide bonds. The Morgan fingerprint density at radius 2 is 1.42 bits per heavy atom. The summed E-state index contributed by atoms with van der Waals surface area (Å²) in [4.78, 5) is 7.66. The largest absolute Gasteiger partial charge is 0.374 e. The van der Waals surface area contributed by atoms with E-state index in [2.05, 4.69) is 107 Å². The smallest absolute Gasteiger partial charge is 0.348 e. The summed E-state index contributed by atoms with van der Waals surface area (Å²) in [7, 11) is 2.23. The minimum atomic E-state index is 0.182. The Balaban J connectivity index is 1.53. The molecule has 1 unspecified atom stereocenters. The molecule has 5 aromatic carbocycles. The van der Waals surface area contributed by atoms with Crippen LogP contribution in [-0.2, 0) is 6.42 Å². The maximum atomic E-state index is 2.63. The molecule has 154 valence electrons. The monoisotopic (exact) mass is 421 g/mol. The quantitative estimate of drug-likeness (QED) is 0.241. The fourth-order valence-corrected chi connectivity index (χ4v) is 7.16. The molecular weight excluding hydrogens is 401 g/mol. The molecule has 0 bridgehead atoms. The van der Waals surface area contributed by atoms with Crippen molar-refractivity contribution in [1.29, 1.82) is 0 Å². The van der Waals surface area contributed by atoms with Crippen molar-refractivity contribution in [2.75, 3.05) is 16.8 Å². The Bertz CT molecular complexity index is 1750. The van der Waals surface area contributed by atoms with Crippen LogP contribution < -0.4 is 15.2 Å². The standard InChI is InChI=1S/C29H20BN3/c1-31-16-25-30-22-12-5-10-20-18-8-2-3-9-19(18)21-11-6-13-23(28(21)27(20)22)33(30)24-14-4-7-17-15-26(31)32(25)29(17)24/h2-14,16,26H,15H2,1H3. The van der Waals surface area contributed by atoms with Crippen LogP contribution in [0.3, 0.4) is 0 Å². The molecule has 3 nitrogen and oxygen atoms in total. The molecule has 4 aliphatic rings. The van der Waals surface area contributed by atoms with Crippen molar-refractivity contribution in [3.63, 3.8) is 0 Å². The second-order valence-corrected chi connectivity index (χ2v) is 9.85. The van der Waals surface area contributed by atoms with Crippen LogP contribution in [0.5, 0.6) is 0 Å². The summed E-state index contributed by atoms with van der Waals surface area (Å²) >= 11 is 0. The fraction of sp³-hybridized carbons (Fsp3) is 0.103. The third-order valence-corrected chi connectivity index (χ3v) is 8.37. The Morgan fingerprint density at radius 3 is 2.27 bits per heavy atom. The van der Waals surface area contributed by atoms with E-state index in [1.165, 1.54) is 66.0 Å². The molecule has 0 radical (unpaired) electrons. The molecule has 4 aliphatic heterocycles. The fourth-order valence-electron chi connectivity index (χ4n) is 7.16. The van der Waals surface area contributed by atoms with Gasteiger partial charge in [-0.25, -0.2) is 0 Å². The predicted molar refractivity (Wildman–Crippen MR) is 139 cm³/mol. The van der Waals surface area contributed by atoms with Gasteiger partial charge in [-0.3, -0.25) is 0 Å². The molecule has 4 heteroatoms. The van der Waals surface area contributed by atoms with E-state index in [0.717, 1.165) is 6.42 Å². The highest BCUT2D eigenvalue weighted by Gasteiger charge is 2.52. The van der Waals surface area contributed by atoms with Crippen LogP contribution in [0.25, 0.3) is 32.3 Å². The molecule has 1 atom stereocenters.